The molecule has 0 saturated carbocycles. The highest BCUT2D eigenvalue weighted by Gasteiger charge is 2.20. The minimum absolute atomic E-state index is 0.0643. The molecule has 1 saturated heterocycles. The van der Waals surface area contributed by atoms with E-state index in [2.05, 4.69) is 10.6 Å². The van der Waals surface area contributed by atoms with Crippen molar-refractivity contribution < 1.29 is 9.53 Å². The Labute approximate surface area is 79.0 Å². The van der Waals surface area contributed by atoms with Crippen LogP contribution in [0.2, 0.25) is 0 Å². The largest absolute Gasteiger partial charge is 0.380 e. The number of rotatable bonds is 4. The third-order valence-electron chi connectivity index (χ3n) is 2.16. The predicted molar refractivity (Wildman–Crippen MR) is 50.5 cm³/mol. The zero-order chi connectivity index (χ0) is 9.68. The van der Waals surface area contributed by atoms with Crippen LogP contribution in [0.1, 0.15) is 20.3 Å². The number of hydrogen-bond acceptors (Lipinski definition) is 3. The predicted octanol–water partition coefficient (Wildman–Crippen LogP) is -0.110. The van der Waals surface area contributed by atoms with Crippen molar-refractivity contribution in [3.8, 4) is 0 Å². The minimum Gasteiger partial charge on any atom is -0.380 e. The van der Waals surface area contributed by atoms with Gasteiger partial charge in [0.25, 0.3) is 0 Å². The molecule has 1 heterocycles. The number of hydrogen-bond donors (Lipinski definition) is 2. The van der Waals surface area contributed by atoms with Crippen LogP contribution >= 0.6 is 0 Å². The third-order valence-corrected chi connectivity index (χ3v) is 2.16. The fourth-order valence-electron chi connectivity index (χ4n) is 1.42. The SMILES string of the molecule is CCNC(=O)C(C)NC1CCOC1. The van der Waals surface area contributed by atoms with Gasteiger partial charge in [-0.1, -0.05) is 0 Å². The summed E-state index contributed by atoms with van der Waals surface area (Å²) >= 11 is 0. The zero-order valence-corrected chi connectivity index (χ0v) is 8.30. The van der Waals surface area contributed by atoms with Gasteiger partial charge in [0.2, 0.25) is 5.91 Å². The maximum absolute atomic E-state index is 11.3. The summed E-state index contributed by atoms with van der Waals surface area (Å²) in [5.41, 5.74) is 0. The Kier molecular flexibility index (Phi) is 4.18. The molecule has 1 aliphatic rings. The van der Waals surface area contributed by atoms with Crippen LogP contribution in [-0.4, -0.2) is 37.7 Å². The van der Waals surface area contributed by atoms with Crippen LogP contribution in [0.15, 0.2) is 0 Å². The summed E-state index contributed by atoms with van der Waals surface area (Å²) in [6.07, 6.45) is 1.00. The minimum atomic E-state index is -0.119. The second-order valence-electron chi connectivity index (χ2n) is 3.34. The maximum Gasteiger partial charge on any atom is 0.236 e. The summed E-state index contributed by atoms with van der Waals surface area (Å²) in [6.45, 7) is 6.02. The van der Waals surface area contributed by atoms with E-state index in [4.69, 9.17) is 4.74 Å². The molecule has 4 heteroatoms. The summed E-state index contributed by atoms with van der Waals surface area (Å²) < 4.78 is 5.20. The zero-order valence-electron chi connectivity index (χ0n) is 8.30. The standard InChI is InChI=1S/C9H18N2O2/c1-3-10-9(12)7(2)11-8-4-5-13-6-8/h7-8,11H,3-6H2,1-2H3,(H,10,12). The van der Waals surface area contributed by atoms with Crippen molar-refractivity contribution in [1.82, 2.24) is 10.6 Å². The number of carbonyl (C=O) groups excluding carboxylic acids is 1. The molecular weight excluding hydrogens is 168 g/mol. The van der Waals surface area contributed by atoms with E-state index in [0.717, 1.165) is 19.6 Å². The van der Waals surface area contributed by atoms with E-state index in [1.54, 1.807) is 0 Å². The van der Waals surface area contributed by atoms with Crippen LogP contribution in [0.25, 0.3) is 0 Å². The molecule has 2 N–H and O–H groups in total. The smallest absolute Gasteiger partial charge is 0.236 e. The van der Waals surface area contributed by atoms with E-state index in [1.807, 2.05) is 13.8 Å². The van der Waals surface area contributed by atoms with E-state index in [1.165, 1.54) is 0 Å². The highest BCUT2D eigenvalue weighted by molar-refractivity contribution is 5.81. The first-order chi connectivity index (χ1) is 6.24. The third kappa shape index (κ3) is 3.32. The second-order valence-corrected chi connectivity index (χ2v) is 3.34. The lowest BCUT2D eigenvalue weighted by molar-refractivity contribution is -0.122. The molecule has 1 aliphatic heterocycles. The fourth-order valence-corrected chi connectivity index (χ4v) is 1.42. The molecule has 0 bridgehead atoms. The molecule has 1 rings (SSSR count). The highest BCUT2D eigenvalue weighted by atomic mass is 16.5. The first-order valence-electron chi connectivity index (χ1n) is 4.85. The summed E-state index contributed by atoms with van der Waals surface area (Å²) in [4.78, 5) is 11.3. The number of likely N-dealkylation sites (N-methyl/N-ethyl adjacent to an activating group) is 1. The molecule has 13 heavy (non-hydrogen) atoms. The normalized spacial score (nSPS) is 24.3. The van der Waals surface area contributed by atoms with Gasteiger partial charge in [-0.05, 0) is 20.3 Å². The molecule has 1 amide bonds. The Balaban J connectivity index is 2.22. The van der Waals surface area contributed by atoms with Crippen molar-refractivity contribution in [2.24, 2.45) is 0 Å². The van der Waals surface area contributed by atoms with Gasteiger partial charge in [-0.25, -0.2) is 0 Å². The van der Waals surface area contributed by atoms with Gasteiger partial charge in [0, 0.05) is 19.2 Å². The van der Waals surface area contributed by atoms with Crippen LogP contribution in [-0.2, 0) is 9.53 Å². The Bertz CT molecular complexity index is 167. The highest BCUT2D eigenvalue weighted by Crippen LogP contribution is 2.04. The van der Waals surface area contributed by atoms with Gasteiger partial charge in [-0.2, -0.15) is 0 Å². The van der Waals surface area contributed by atoms with Crippen molar-refractivity contribution in [2.45, 2.75) is 32.4 Å². The van der Waals surface area contributed by atoms with Crippen LogP contribution in [0, 0.1) is 0 Å². The lowest BCUT2D eigenvalue weighted by atomic mass is 10.2. The molecule has 0 aromatic carbocycles. The monoisotopic (exact) mass is 186 g/mol. The molecule has 0 aliphatic carbocycles. The molecule has 76 valence electrons. The summed E-state index contributed by atoms with van der Waals surface area (Å²) in [5, 5.41) is 6.00. The molecular formula is C9H18N2O2. The Morgan fingerprint density at radius 1 is 1.69 bits per heavy atom. The van der Waals surface area contributed by atoms with Gasteiger partial charge in [-0.3, -0.25) is 4.79 Å². The van der Waals surface area contributed by atoms with E-state index < -0.39 is 0 Å². The molecule has 2 atom stereocenters. The van der Waals surface area contributed by atoms with Crippen molar-refractivity contribution >= 4 is 5.91 Å². The lowest BCUT2D eigenvalue weighted by Gasteiger charge is -2.17. The average Bonchev–Trinajstić information content (AvgIpc) is 2.57. The summed E-state index contributed by atoms with van der Waals surface area (Å²) in [5.74, 6) is 0.0643. The van der Waals surface area contributed by atoms with Crippen LogP contribution in [0.4, 0.5) is 0 Å². The Morgan fingerprint density at radius 3 is 3.00 bits per heavy atom. The second kappa shape index (κ2) is 5.19. The first kappa shape index (κ1) is 10.5. The van der Waals surface area contributed by atoms with E-state index in [0.29, 0.717) is 12.6 Å². The Hall–Kier alpha value is -0.610. The van der Waals surface area contributed by atoms with Crippen molar-refractivity contribution in [3.05, 3.63) is 0 Å². The Morgan fingerprint density at radius 2 is 2.46 bits per heavy atom. The van der Waals surface area contributed by atoms with E-state index in [9.17, 15) is 4.79 Å². The molecule has 0 radical (unpaired) electrons. The summed E-state index contributed by atoms with van der Waals surface area (Å²) in [7, 11) is 0. The van der Waals surface area contributed by atoms with E-state index >= 15 is 0 Å². The van der Waals surface area contributed by atoms with Gasteiger partial charge >= 0.3 is 0 Å². The molecule has 4 nitrogen and oxygen atoms in total. The summed E-state index contributed by atoms with van der Waals surface area (Å²) in [6, 6.07) is 0.226. The fraction of sp³-hybridized carbons (Fsp3) is 0.889. The average molecular weight is 186 g/mol. The van der Waals surface area contributed by atoms with Gasteiger partial charge in [0.05, 0.1) is 12.6 Å². The van der Waals surface area contributed by atoms with Crippen molar-refractivity contribution in [2.75, 3.05) is 19.8 Å². The number of carbonyl (C=O) groups is 1. The topological polar surface area (TPSA) is 50.4 Å². The van der Waals surface area contributed by atoms with Crippen LogP contribution < -0.4 is 10.6 Å². The maximum atomic E-state index is 11.3. The van der Waals surface area contributed by atoms with Crippen LogP contribution in [0.3, 0.4) is 0 Å². The molecule has 0 aromatic heterocycles. The van der Waals surface area contributed by atoms with Crippen molar-refractivity contribution in [1.29, 1.82) is 0 Å². The molecule has 0 aromatic rings. The molecule has 0 spiro atoms. The first-order valence-corrected chi connectivity index (χ1v) is 4.85. The van der Waals surface area contributed by atoms with Gasteiger partial charge in [0.15, 0.2) is 0 Å². The quantitative estimate of drug-likeness (QED) is 0.644. The number of amides is 1. The lowest BCUT2D eigenvalue weighted by Crippen LogP contribution is -2.46. The van der Waals surface area contributed by atoms with E-state index in [-0.39, 0.29) is 11.9 Å². The van der Waals surface area contributed by atoms with Crippen LogP contribution in [0.5, 0.6) is 0 Å². The van der Waals surface area contributed by atoms with Crippen molar-refractivity contribution in [3.63, 3.8) is 0 Å². The van der Waals surface area contributed by atoms with Gasteiger partial charge in [0.1, 0.15) is 0 Å². The molecule has 1 fully saturated rings. The number of ether oxygens (including phenoxy) is 1. The van der Waals surface area contributed by atoms with Gasteiger partial charge in [-0.15, -0.1) is 0 Å². The van der Waals surface area contributed by atoms with Gasteiger partial charge < -0.3 is 15.4 Å². The number of nitrogens with one attached hydrogen (secondary N) is 2. The molecule has 2 unspecified atom stereocenters.